The number of fused-ring (bicyclic) bond motifs is 4. The molecule has 91 heavy (non-hydrogen) atoms. The number of ether oxygens (including phenoxy) is 1. The first kappa shape index (κ1) is 66.4. The molecule has 4 unspecified atom stereocenters. The Balaban J connectivity index is 0.000000134. The first-order chi connectivity index (χ1) is 43.8. The number of aryl methyl sites for hydroxylation is 4. The van der Waals surface area contributed by atoms with Gasteiger partial charge in [-0.05, 0) is 244 Å². The monoisotopic (exact) mass is 1320 g/mol. The Morgan fingerprint density at radius 3 is 0.989 bits per heavy atom. The summed E-state index contributed by atoms with van der Waals surface area (Å²) in [5.41, 5.74) is 10.7. The molecule has 0 aliphatic heterocycles. The van der Waals surface area contributed by atoms with Crippen LogP contribution >= 0.6 is 11.6 Å². The largest absolute Gasteiger partial charge is 0.491 e. The quantitative estimate of drug-likeness (QED) is 0.0747. The average molecular weight is 1320 g/mol. The SMILES string of the molecule is CC(C)Oc1ccc(S(=O)(=O)NC2CCCc3cnccc32)cc1.O=S(=O)(NC1CCCc2cnccc21)c1ccc(-c2ccccc2)cc1.O=S(=O)(NC1CCCc2cnccc21)c1ccc(Cl)cc1.O=S(=O)(NC1CCCc2cnccc21)c1ccccc1. The van der Waals surface area contributed by atoms with Crippen LogP contribution in [-0.4, -0.2) is 59.7 Å². The van der Waals surface area contributed by atoms with Crippen molar-refractivity contribution in [1.29, 1.82) is 0 Å². The van der Waals surface area contributed by atoms with E-state index in [1.165, 1.54) is 12.1 Å². The Labute approximate surface area is 539 Å². The molecular weight excluding hydrogens is 1250 g/mol. The molecule has 4 aliphatic rings. The zero-order valence-corrected chi connectivity index (χ0v) is 54.5. The molecule has 5 aromatic carbocycles. The molecular formula is C69H73ClN8O9S4. The van der Waals surface area contributed by atoms with Gasteiger partial charge in [-0.15, -0.1) is 0 Å². The fourth-order valence-electron chi connectivity index (χ4n) is 11.7. The molecule has 0 fully saturated rings. The fourth-order valence-corrected chi connectivity index (χ4v) is 16.9. The summed E-state index contributed by atoms with van der Waals surface area (Å²) in [6.45, 7) is 3.86. The zero-order valence-electron chi connectivity index (χ0n) is 50.5. The van der Waals surface area contributed by atoms with Gasteiger partial charge in [-0.25, -0.2) is 52.6 Å². The maximum absolute atomic E-state index is 12.8. The van der Waals surface area contributed by atoms with Crippen LogP contribution in [0.2, 0.25) is 5.02 Å². The molecule has 4 heterocycles. The Morgan fingerprint density at radius 2 is 0.659 bits per heavy atom. The topological polar surface area (TPSA) is 245 Å². The lowest BCUT2D eigenvalue weighted by Gasteiger charge is -2.25. The van der Waals surface area contributed by atoms with E-state index in [1.54, 1.807) is 104 Å². The number of hydrogen-bond acceptors (Lipinski definition) is 13. The minimum atomic E-state index is -3.57. The van der Waals surface area contributed by atoms with Crippen LogP contribution in [0.3, 0.4) is 0 Å². The van der Waals surface area contributed by atoms with Crippen LogP contribution in [0.1, 0.15) is 134 Å². The molecule has 4 N–H and O–H groups in total. The molecule has 474 valence electrons. The van der Waals surface area contributed by atoms with Crippen molar-refractivity contribution < 1.29 is 38.4 Å². The van der Waals surface area contributed by atoms with Gasteiger partial charge in [0.05, 0.1) is 25.7 Å². The Kier molecular flexibility index (Phi) is 22.1. The molecule has 4 atom stereocenters. The summed E-state index contributed by atoms with van der Waals surface area (Å²) in [5, 5.41) is 0.517. The van der Waals surface area contributed by atoms with Crippen molar-refractivity contribution in [2.45, 2.75) is 141 Å². The van der Waals surface area contributed by atoms with Gasteiger partial charge in [-0.3, -0.25) is 19.9 Å². The second-order valence-electron chi connectivity index (χ2n) is 22.9. The molecule has 4 aliphatic carbocycles. The molecule has 22 heteroatoms. The highest BCUT2D eigenvalue weighted by molar-refractivity contribution is 7.90. The van der Waals surface area contributed by atoms with Crippen LogP contribution in [0.4, 0.5) is 0 Å². The molecule has 0 saturated carbocycles. The van der Waals surface area contributed by atoms with Crippen molar-refractivity contribution in [3.05, 3.63) is 257 Å². The average Bonchev–Trinajstić information content (AvgIpc) is 1.11. The number of sulfonamides is 4. The first-order valence-corrected chi connectivity index (χ1v) is 36.7. The van der Waals surface area contributed by atoms with Gasteiger partial charge in [0.1, 0.15) is 5.75 Å². The first-order valence-electron chi connectivity index (χ1n) is 30.4. The number of pyridine rings is 4. The summed E-state index contributed by atoms with van der Waals surface area (Å²) in [4.78, 5) is 17.6. The van der Waals surface area contributed by atoms with Gasteiger partial charge in [-0.1, -0.05) is 72.3 Å². The van der Waals surface area contributed by atoms with E-state index in [0.29, 0.717) is 20.6 Å². The number of hydrogen-bond donors (Lipinski definition) is 4. The summed E-state index contributed by atoms with van der Waals surface area (Å²) < 4.78 is 118. The van der Waals surface area contributed by atoms with Crippen LogP contribution in [-0.2, 0) is 65.8 Å². The minimum absolute atomic E-state index is 0.0536. The molecule has 17 nitrogen and oxygen atoms in total. The maximum atomic E-state index is 12.8. The maximum Gasteiger partial charge on any atom is 0.241 e. The van der Waals surface area contributed by atoms with Gasteiger partial charge in [0.25, 0.3) is 0 Å². The Hall–Kier alpha value is -7.57. The smallest absolute Gasteiger partial charge is 0.241 e. The molecule has 13 rings (SSSR count). The van der Waals surface area contributed by atoms with Gasteiger partial charge in [0, 0.05) is 78.8 Å². The van der Waals surface area contributed by atoms with Crippen molar-refractivity contribution >= 4 is 51.7 Å². The van der Waals surface area contributed by atoms with E-state index >= 15 is 0 Å². The molecule has 0 amide bonds. The minimum Gasteiger partial charge on any atom is -0.491 e. The van der Waals surface area contributed by atoms with E-state index < -0.39 is 40.1 Å². The number of benzene rings is 5. The molecule has 0 saturated heterocycles. The number of nitrogens with zero attached hydrogens (tertiary/aromatic N) is 4. The van der Waals surface area contributed by atoms with Gasteiger partial charge in [0.15, 0.2) is 0 Å². The summed E-state index contributed by atoms with van der Waals surface area (Å²) in [6.07, 6.45) is 25.1. The van der Waals surface area contributed by atoms with Crippen LogP contribution in [0.25, 0.3) is 11.1 Å². The van der Waals surface area contributed by atoms with E-state index in [4.69, 9.17) is 16.3 Å². The van der Waals surface area contributed by atoms with E-state index in [2.05, 4.69) is 38.8 Å². The van der Waals surface area contributed by atoms with Gasteiger partial charge < -0.3 is 4.74 Å². The highest BCUT2D eigenvalue weighted by Crippen LogP contribution is 2.35. The van der Waals surface area contributed by atoms with Crippen LogP contribution in [0.15, 0.2) is 227 Å². The van der Waals surface area contributed by atoms with E-state index in [9.17, 15) is 33.7 Å². The second-order valence-corrected chi connectivity index (χ2v) is 30.2. The van der Waals surface area contributed by atoms with Gasteiger partial charge >= 0.3 is 0 Å². The highest BCUT2D eigenvalue weighted by Gasteiger charge is 2.30. The third-order valence-electron chi connectivity index (χ3n) is 16.2. The lowest BCUT2D eigenvalue weighted by molar-refractivity contribution is 0.242. The fraction of sp³-hybridized carbons (Fsp3) is 0.275. The van der Waals surface area contributed by atoms with Crippen molar-refractivity contribution in [2.75, 3.05) is 0 Å². The summed E-state index contributed by atoms with van der Waals surface area (Å²) in [7, 11) is -14.2. The van der Waals surface area contributed by atoms with Crippen molar-refractivity contribution in [2.24, 2.45) is 0 Å². The van der Waals surface area contributed by atoms with E-state index in [0.717, 1.165) is 133 Å². The van der Waals surface area contributed by atoms with Crippen LogP contribution in [0.5, 0.6) is 5.75 Å². The number of halogens is 1. The van der Waals surface area contributed by atoms with E-state index in [-0.39, 0.29) is 40.1 Å². The summed E-state index contributed by atoms with van der Waals surface area (Å²) >= 11 is 5.80. The molecule has 0 bridgehead atoms. The van der Waals surface area contributed by atoms with Gasteiger partial charge in [-0.2, -0.15) is 0 Å². The van der Waals surface area contributed by atoms with E-state index in [1.807, 2.05) is 105 Å². The lowest BCUT2D eigenvalue weighted by Crippen LogP contribution is -2.31. The third-order valence-corrected chi connectivity index (χ3v) is 22.4. The van der Waals surface area contributed by atoms with Crippen molar-refractivity contribution in [1.82, 2.24) is 38.8 Å². The molecule has 0 spiro atoms. The lowest BCUT2D eigenvalue weighted by atomic mass is 9.90. The summed E-state index contributed by atoms with van der Waals surface area (Å²) in [5.74, 6) is 0.665. The molecule has 4 aromatic heterocycles. The van der Waals surface area contributed by atoms with Crippen LogP contribution in [0, 0.1) is 0 Å². The van der Waals surface area contributed by atoms with Crippen molar-refractivity contribution in [3.63, 3.8) is 0 Å². The standard InChI is InChI=1S/C21H20N2O2S.C18H22N2O3S.C15H15ClN2O2S.C15H16N2O2S/c24-26(25,23-21-8-4-7-18-15-22-14-13-20(18)21)19-11-9-17(10-12-19)16-5-2-1-3-6-16;1-13(2)23-15-6-8-16(9-7-15)24(21,22)20-18-5-3-4-14-12-19-11-10-17(14)18;16-12-4-6-13(7-5-12)21(19,20)18-15-3-1-2-11-10-17-9-8-14(11)15;18-20(19,13-6-2-1-3-7-13)17-15-8-4-5-12-11-16-10-9-14(12)15/h1-3,5-6,9-15,21,23H,4,7-8H2;6-13,18,20H,3-5H2,1-2H3;4-10,15,18H,1-3H2;1-3,6-7,9-11,15,17H,4-5,8H2. The number of rotatable bonds is 15. The zero-order chi connectivity index (χ0) is 64.0. The predicted octanol–water partition coefficient (Wildman–Crippen LogP) is 12.9. The number of nitrogens with one attached hydrogen (secondary N) is 4. The van der Waals surface area contributed by atoms with Crippen molar-refractivity contribution in [3.8, 4) is 16.9 Å². The highest BCUT2D eigenvalue weighted by atomic mass is 35.5. The normalized spacial score (nSPS) is 17.7. The molecule has 9 aromatic rings. The summed E-state index contributed by atoms with van der Waals surface area (Å²) in [6, 6.07) is 45.0. The number of aromatic nitrogens is 4. The Bertz CT molecular complexity index is 4370. The predicted molar refractivity (Wildman–Crippen MR) is 353 cm³/mol. The second kappa shape index (κ2) is 30.2. The van der Waals surface area contributed by atoms with Crippen LogP contribution < -0.4 is 23.6 Å². The van der Waals surface area contributed by atoms with Gasteiger partial charge in [0.2, 0.25) is 40.1 Å². The molecule has 0 radical (unpaired) electrons. The Morgan fingerprint density at radius 1 is 0.374 bits per heavy atom. The third kappa shape index (κ3) is 17.5.